The fourth-order valence-electron chi connectivity index (χ4n) is 6.16. The molecule has 36 heavy (non-hydrogen) atoms. The number of ether oxygens (including phenoxy) is 1. The molecular weight excluding hydrogens is 448 g/mol. The highest BCUT2D eigenvalue weighted by Gasteiger charge is 2.32. The van der Waals surface area contributed by atoms with E-state index in [-0.39, 0.29) is 5.91 Å². The minimum atomic E-state index is 0.000723. The molecule has 6 nitrogen and oxygen atoms in total. The summed E-state index contributed by atoms with van der Waals surface area (Å²) in [5.41, 5.74) is 10.2. The zero-order valence-electron chi connectivity index (χ0n) is 21.4. The Balaban J connectivity index is 1.46. The van der Waals surface area contributed by atoms with Gasteiger partial charge < -0.3 is 19.5 Å². The third kappa shape index (κ3) is 3.68. The molecular formula is C30H32N4O2. The van der Waals surface area contributed by atoms with Crippen LogP contribution in [0, 0.1) is 0 Å². The number of aromatic nitrogens is 2. The van der Waals surface area contributed by atoms with Gasteiger partial charge in [0.15, 0.2) is 0 Å². The second-order valence-corrected chi connectivity index (χ2v) is 10.4. The highest BCUT2D eigenvalue weighted by molar-refractivity contribution is 5.98. The van der Waals surface area contributed by atoms with Crippen LogP contribution in [0.2, 0.25) is 0 Å². The number of carbonyl (C=O) groups excluding carboxylic acids is 1. The Morgan fingerprint density at radius 3 is 2.69 bits per heavy atom. The van der Waals surface area contributed by atoms with E-state index >= 15 is 0 Å². The first-order valence-corrected chi connectivity index (χ1v) is 12.7. The molecule has 6 heteroatoms. The van der Waals surface area contributed by atoms with Gasteiger partial charge >= 0.3 is 0 Å². The molecule has 1 atom stereocenters. The van der Waals surface area contributed by atoms with Crippen LogP contribution in [-0.2, 0) is 13.0 Å². The molecule has 0 saturated heterocycles. The van der Waals surface area contributed by atoms with E-state index < -0.39 is 0 Å². The molecule has 3 heterocycles. The van der Waals surface area contributed by atoms with Crippen molar-refractivity contribution < 1.29 is 9.53 Å². The summed E-state index contributed by atoms with van der Waals surface area (Å²) in [4.78, 5) is 24.4. The summed E-state index contributed by atoms with van der Waals surface area (Å²) in [5.74, 6) is 1.61. The average Bonchev–Trinajstić information content (AvgIpc) is 3.31. The summed E-state index contributed by atoms with van der Waals surface area (Å²) in [6, 6.07) is 12.3. The van der Waals surface area contributed by atoms with E-state index in [9.17, 15) is 4.79 Å². The molecule has 1 N–H and O–H groups in total. The number of hydrogen-bond donors (Lipinski definition) is 1. The predicted molar refractivity (Wildman–Crippen MR) is 144 cm³/mol. The number of nitrogens with one attached hydrogen (secondary N) is 1. The third-order valence-electron chi connectivity index (χ3n) is 7.76. The van der Waals surface area contributed by atoms with Gasteiger partial charge in [-0.1, -0.05) is 12.1 Å². The van der Waals surface area contributed by atoms with E-state index in [0.717, 1.165) is 58.5 Å². The summed E-state index contributed by atoms with van der Waals surface area (Å²) in [7, 11) is 7.55. The number of hydrogen-bond acceptors (Lipinski definition) is 4. The summed E-state index contributed by atoms with van der Waals surface area (Å²) in [6.07, 6.45) is 7.48. The zero-order valence-corrected chi connectivity index (χ0v) is 21.4. The summed E-state index contributed by atoms with van der Waals surface area (Å²) < 4.78 is 6.08. The largest absolute Gasteiger partial charge is 0.496 e. The van der Waals surface area contributed by atoms with E-state index in [0.29, 0.717) is 11.5 Å². The van der Waals surface area contributed by atoms with Crippen LogP contribution in [0.3, 0.4) is 0 Å². The molecule has 0 fully saturated rings. The predicted octanol–water partition coefficient (Wildman–Crippen LogP) is 5.47. The van der Waals surface area contributed by atoms with Gasteiger partial charge in [-0.2, -0.15) is 0 Å². The summed E-state index contributed by atoms with van der Waals surface area (Å²) in [5, 5.41) is 1.06. The molecule has 0 spiro atoms. The molecule has 0 radical (unpaired) electrons. The smallest absolute Gasteiger partial charge is 0.253 e. The quantitative estimate of drug-likeness (QED) is 0.421. The number of amides is 1. The Labute approximate surface area is 211 Å². The van der Waals surface area contributed by atoms with Crippen molar-refractivity contribution in [3.8, 4) is 28.0 Å². The molecule has 184 valence electrons. The number of aromatic amines is 1. The first-order chi connectivity index (χ1) is 17.4. The Morgan fingerprint density at radius 1 is 1.14 bits per heavy atom. The number of pyridine rings is 1. The zero-order chi connectivity index (χ0) is 25.0. The van der Waals surface area contributed by atoms with Crippen LogP contribution in [0.1, 0.15) is 45.8 Å². The monoisotopic (exact) mass is 480 g/mol. The van der Waals surface area contributed by atoms with Crippen molar-refractivity contribution in [2.24, 2.45) is 0 Å². The van der Waals surface area contributed by atoms with E-state index in [4.69, 9.17) is 9.72 Å². The first kappa shape index (κ1) is 22.8. The topological polar surface area (TPSA) is 61.5 Å². The van der Waals surface area contributed by atoms with E-state index in [1.165, 1.54) is 29.5 Å². The van der Waals surface area contributed by atoms with Gasteiger partial charge in [0.1, 0.15) is 11.4 Å². The number of methoxy groups -OCH3 is 1. The van der Waals surface area contributed by atoms with Gasteiger partial charge in [0.25, 0.3) is 5.91 Å². The van der Waals surface area contributed by atoms with Gasteiger partial charge in [-0.3, -0.25) is 4.79 Å². The number of H-pyrrole nitrogens is 1. The van der Waals surface area contributed by atoms with Crippen molar-refractivity contribution in [1.29, 1.82) is 0 Å². The van der Waals surface area contributed by atoms with Crippen molar-refractivity contribution >= 4 is 16.9 Å². The molecule has 1 aliphatic carbocycles. The van der Waals surface area contributed by atoms with Crippen molar-refractivity contribution in [1.82, 2.24) is 19.8 Å². The Hall–Kier alpha value is -3.64. The maximum atomic E-state index is 12.3. The van der Waals surface area contributed by atoms with Crippen molar-refractivity contribution in [2.45, 2.75) is 31.7 Å². The molecule has 2 aliphatic rings. The van der Waals surface area contributed by atoms with E-state index in [1.54, 1.807) is 26.1 Å². The van der Waals surface area contributed by atoms with Crippen LogP contribution in [-0.4, -0.2) is 60.5 Å². The van der Waals surface area contributed by atoms with Crippen LogP contribution in [0.15, 0.2) is 48.8 Å². The number of carbonyl (C=O) groups is 1. The van der Waals surface area contributed by atoms with Crippen LogP contribution in [0.25, 0.3) is 33.3 Å². The highest BCUT2D eigenvalue weighted by atomic mass is 16.5. The molecule has 0 saturated carbocycles. The lowest BCUT2D eigenvalue weighted by molar-refractivity contribution is 0.0827. The number of nitrogens with zero attached hydrogens (tertiary/aromatic N) is 3. The number of likely N-dealkylation sites (N-methyl/N-ethyl adjacent to an activating group) is 1. The Bertz CT molecular complexity index is 1470. The van der Waals surface area contributed by atoms with Crippen LogP contribution in [0.4, 0.5) is 0 Å². The standard InChI is InChI=1S/C30H32N4O2/c1-33(2)30(35)19-10-8-18(9-11-19)26-15-32-29-25(26)12-21(14-31-29)24-13-22-17-34(3)16-20-6-5-7-23(27(20)22)28(24)36-4/h8-15,20H,5-7,16-17H2,1-4H3,(H,31,32). The first-order valence-electron chi connectivity index (χ1n) is 12.7. The second kappa shape index (κ2) is 8.79. The number of rotatable bonds is 4. The van der Waals surface area contributed by atoms with Crippen LogP contribution in [0.5, 0.6) is 5.75 Å². The van der Waals surface area contributed by atoms with Crippen molar-refractivity contribution in [3.05, 3.63) is 71.0 Å². The normalized spacial score (nSPS) is 17.2. The molecule has 2 aromatic heterocycles. The third-order valence-corrected chi connectivity index (χ3v) is 7.76. The average molecular weight is 481 g/mol. The maximum absolute atomic E-state index is 12.3. The van der Waals surface area contributed by atoms with Gasteiger partial charge in [-0.25, -0.2) is 4.98 Å². The molecule has 1 aliphatic heterocycles. The van der Waals surface area contributed by atoms with Crippen molar-refractivity contribution in [3.63, 3.8) is 0 Å². The van der Waals surface area contributed by atoms with Crippen LogP contribution < -0.4 is 4.74 Å². The van der Waals surface area contributed by atoms with Crippen molar-refractivity contribution in [2.75, 3.05) is 34.8 Å². The maximum Gasteiger partial charge on any atom is 0.253 e. The van der Waals surface area contributed by atoms with Gasteiger partial charge in [-0.05, 0) is 78.7 Å². The highest BCUT2D eigenvalue weighted by Crippen LogP contribution is 2.47. The molecule has 2 aromatic carbocycles. The minimum absolute atomic E-state index is 0.000723. The molecule has 0 bridgehead atoms. The Morgan fingerprint density at radius 2 is 1.94 bits per heavy atom. The minimum Gasteiger partial charge on any atom is -0.496 e. The van der Waals surface area contributed by atoms with Crippen LogP contribution >= 0.6 is 0 Å². The lowest BCUT2D eigenvalue weighted by Crippen LogP contribution is -2.33. The lowest BCUT2D eigenvalue weighted by Gasteiger charge is -2.38. The fourth-order valence-corrected chi connectivity index (χ4v) is 6.16. The van der Waals surface area contributed by atoms with Gasteiger partial charge in [0, 0.05) is 67.2 Å². The SMILES string of the molecule is COc1c(-c2cnc3[nH]cc(-c4ccc(C(=O)N(C)C)cc4)c3c2)cc2c3c1CCCC3CN(C)C2. The number of benzene rings is 2. The van der Waals surface area contributed by atoms with E-state index in [2.05, 4.69) is 29.1 Å². The van der Waals surface area contributed by atoms with Gasteiger partial charge in [-0.15, -0.1) is 0 Å². The Kier molecular flexibility index (Phi) is 5.56. The summed E-state index contributed by atoms with van der Waals surface area (Å²) in [6.45, 7) is 2.10. The fraction of sp³-hybridized carbons (Fsp3) is 0.333. The van der Waals surface area contributed by atoms with Gasteiger partial charge in [0.2, 0.25) is 0 Å². The lowest BCUT2D eigenvalue weighted by atomic mass is 9.76. The van der Waals surface area contributed by atoms with E-state index in [1.807, 2.05) is 36.7 Å². The molecule has 6 rings (SSSR count). The number of fused-ring (bicyclic) bond motifs is 1. The second-order valence-electron chi connectivity index (χ2n) is 10.4. The molecule has 4 aromatic rings. The summed E-state index contributed by atoms with van der Waals surface area (Å²) >= 11 is 0. The van der Waals surface area contributed by atoms with Gasteiger partial charge in [0.05, 0.1) is 7.11 Å². The molecule has 1 amide bonds. The molecule has 1 unspecified atom stereocenters.